The maximum absolute atomic E-state index is 8.80. The van der Waals surface area contributed by atoms with Crippen molar-refractivity contribution in [2.24, 2.45) is 0 Å². The molecule has 1 aliphatic carbocycles. The summed E-state index contributed by atoms with van der Waals surface area (Å²) in [6.07, 6.45) is 3.46. The number of aliphatic hydroxyl groups is 2. The Kier molecular flexibility index (Phi) is 1.43. The van der Waals surface area contributed by atoms with Crippen molar-refractivity contribution in [3.63, 3.8) is 0 Å². The number of halogens is 1. The van der Waals surface area contributed by atoms with E-state index >= 15 is 0 Å². The van der Waals surface area contributed by atoms with Crippen molar-refractivity contribution in [3.05, 3.63) is 12.2 Å². The van der Waals surface area contributed by atoms with Gasteiger partial charge in [0.05, 0.1) is 0 Å². The van der Waals surface area contributed by atoms with Gasteiger partial charge in [-0.05, 0) is 6.08 Å². The Balaban J connectivity index is 2.58. The lowest BCUT2D eigenvalue weighted by molar-refractivity contribution is -0.115. The third-order valence-electron chi connectivity index (χ3n) is 1.07. The summed E-state index contributed by atoms with van der Waals surface area (Å²) < 4.78 is 0. The van der Waals surface area contributed by atoms with Crippen molar-refractivity contribution in [3.8, 4) is 0 Å². The minimum atomic E-state index is -1.56. The molecule has 0 saturated carbocycles. The van der Waals surface area contributed by atoms with E-state index < -0.39 is 5.79 Å². The molecule has 0 bridgehead atoms. The van der Waals surface area contributed by atoms with Gasteiger partial charge >= 0.3 is 0 Å². The molecule has 0 radical (unpaired) electrons. The van der Waals surface area contributed by atoms with Crippen LogP contribution in [0.4, 0.5) is 0 Å². The molecule has 0 fully saturated rings. The molecule has 0 aromatic heterocycles. The highest BCUT2D eigenvalue weighted by atomic mass is 79.9. The zero-order valence-electron chi connectivity index (χ0n) is 4.21. The highest BCUT2D eigenvalue weighted by Crippen LogP contribution is 2.24. The van der Waals surface area contributed by atoms with Crippen molar-refractivity contribution in [2.45, 2.75) is 17.0 Å². The molecular weight excluding hydrogens is 172 g/mol. The second kappa shape index (κ2) is 1.83. The van der Waals surface area contributed by atoms with Gasteiger partial charge in [0.25, 0.3) is 0 Å². The van der Waals surface area contributed by atoms with Gasteiger partial charge in [-0.25, -0.2) is 0 Å². The van der Waals surface area contributed by atoms with Crippen LogP contribution in [0.2, 0.25) is 0 Å². The smallest absolute Gasteiger partial charge is 0.183 e. The number of hydrogen-bond donors (Lipinski definition) is 2. The summed E-state index contributed by atoms with van der Waals surface area (Å²) in [7, 11) is 0. The van der Waals surface area contributed by atoms with Gasteiger partial charge in [0.15, 0.2) is 5.79 Å². The fourth-order valence-corrected chi connectivity index (χ4v) is 1.31. The minimum Gasteiger partial charge on any atom is -0.362 e. The Bertz CT molecular complexity index is 120. The van der Waals surface area contributed by atoms with Crippen molar-refractivity contribution in [1.82, 2.24) is 0 Å². The van der Waals surface area contributed by atoms with E-state index in [9.17, 15) is 0 Å². The topological polar surface area (TPSA) is 40.5 Å². The summed E-state index contributed by atoms with van der Waals surface area (Å²) in [6, 6.07) is 0. The average molecular weight is 179 g/mol. The van der Waals surface area contributed by atoms with Crippen LogP contribution in [0.5, 0.6) is 0 Å². The van der Waals surface area contributed by atoms with Crippen molar-refractivity contribution in [1.29, 1.82) is 0 Å². The first-order valence-electron chi connectivity index (χ1n) is 2.38. The summed E-state index contributed by atoms with van der Waals surface area (Å²) in [5, 5.41) is 17.6. The van der Waals surface area contributed by atoms with Crippen LogP contribution in [0.1, 0.15) is 6.42 Å². The lowest BCUT2D eigenvalue weighted by Crippen LogP contribution is -2.22. The molecule has 1 atom stereocenters. The Hall–Kier alpha value is 0.140. The van der Waals surface area contributed by atoms with Gasteiger partial charge in [0, 0.05) is 11.2 Å². The summed E-state index contributed by atoms with van der Waals surface area (Å²) >= 11 is 3.21. The molecule has 8 heavy (non-hydrogen) atoms. The zero-order chi connectivity index (χ0) is 6.20. The van der Waals surface area contributed by atoms with Crippen LogP contribution in [-0.2, 0) is 0 Å². The quantitative estimate of drug-likeness (QED) is 0.321. The highest BCUT2D eigenvalue weighted by Gasteiger charge is 2.27. The molecule has 0 saturated heterocycles. The van der Waals surface area contributed by atoms with E-state index in [2.05, 4.69) is 15.9 Å². The van der Waals surface area contributed by atoms with E-state index in [1.165, 1.54) is 6.08 Å². The molecule has 0 spiro atoms. The Labute approximate surface area is 56.0 Å². The Morgan fingerprint density at radius 2 is 2.25 bits per heavy atom. The third kappa shape index (κ3) is 1.31. The van der Waals surface area contributed by atoms with Gasteiger partial charge < -0.3 is 10.2 Å². The van der Waals surface area contributed by atoms with E-state index in [0.29, 0.717) is 6.42 Å². The van der Waals surface area contributed by atoms with Gasteiger partial charge in [0.2, 0.25) is 0 Å². The maximum Gasteiger partial charge on any atom is 0.183 e. The van der Waals surface area contributed by atoms with E-state index in [-0.39, 0.29) is 4.83 Å². The van der Waals surface area contributed by atoms with Crippen LogP contribution in [0.3, 0.4) is 0 Å². The first-order chi connectivity index (χ1) is 3.60. The van der Waals surface area contributed by atoms with E-state index in [1.807, 2.05) is 0 Å². The number of allylic oxidation sites excluding steroid dienone is 1. The van der Waals surface area contributed by atoms with Gasteiger partial charge in [-0.3, -0.25) is 0 Å². The summed E-state index contributed by atoms with van der Waals surface area (Å²) in [6.45, 7) is 0. The van der Waals surface area contributed by atoms with Crippen LogP contribution >= 0.6 is 15.9 Å². The fourth-order valence-electron chi connectivity index (χ4n) is 0.682. The van der Waals surface area contributed by atoms with Gasteiger partial charge in [-0.2, -0.15) is 0 Å². The van der Waals surface area contributed by atoms with Crippen LogP contribution < -0.4 is 0 Å². The molecule has 46 valence electrons. The summed E-state index contributed by atoms with van der Waals surface area (Å²) in [5.41, 5.74) is 0. The highest BCUT2D eigenvalue weighted by molar-refractivity contribution is 9.09. The third-order valence-corrected chi connectivity index (χ3v) is 1.70. The summed E-state index contributed by atoms with van der Waals surface area (Å²) in [4.78, 5) is 0.123. The Morgan fingerprint density at radius 3 is 2.38 bits per heavy atom. The first-order valence-corrected chi connectivity index (χ1v) is 3.30. The molecule has 0 aromatic carbocycles. The van der Waals surface area contributed by atoms with E-state index in [4.69, 9.17) is 10.2 Å². The largest absolute Gasteiger partial charge is 0.362 e. The normalized spacial score (nSPS) is 33.6. The SMILES string of the molecule is OC1(O)C=CC(Br)C1. The number of alkyl halides is 1. The molecule has 2 nitrogen and oxygen atoms in total. The van der Waals surface area contributed by atoms with E-state index in [0.717, 1.165) is 0 Å². The average Bonchev–Trinajstić information content (AvgIpc) is 1.82. The molecule has 1 aliphatic rings. The van der Waals surface area contributed by atoms with Gasteiger partial charge in [-0.15, -0.1) is 0 Å². The van der Waals surface area contributed by atoms with Crippen LogP contribution in [0, 0.1) is 0 Å². The predicted molar refractivity (Wildman–Crippen MR) is 33.6 cm³/mol. The molecule has 1 unspecified atom stereocenters. The molecule has 2 N–H and O–H groups in total. The molecule has 1 rings (SSSR count). The minimum absolute atomic E-state index is 0.123. The fraction of sp³-hybridized carbons (Fsp3) is 0.600. The van der Waals surface area contributed by atoms with Crippen molar-refractivity contribution < 1.29 is 10.2 Å². The van der Waals surface area contributed by atoms with Gasteiger partial charge in [0.1, 0.15) is 0 Å². The number of hydrogen-bond acceptors (Lipinski definition) is 2. The van der Waals surface area contributed by atoms with E-state index in [1.54, 1.807) is 6.08 Å². The first kappa shape index (κ1) is 6.26. The lowest BCUT2D eigenvalue weighted by atomic mass is 10.2. The molecule has 3 heteroatoms. The van der Waals surface area contributed by atoms with Crippen molar-refractivity contribution in [2.75, 3.05) is 0 Å². The van der Waals surface area contributed by atoms with Crippen LogP contribution in [0.15, 0.2) is 12.2 Å². The zero-order valence-corrected chi connectivity index (χ0v) is 5.80. The molecule has 0 heterocycles. The van der Waals surface area contributed by atoms with Crippen LogP contribution in [0.25, 0.3) is 0 Å². The van der Waals surface area contributed by atoms with Gasteiger partial charge in [-0.1, -0.05) is 22.0 Å². The maximum atomic E-state index is 8.80. The molecular formula is C5H7BrO2. The Morgan fingerprint density at radius 1 is 1.62 bits per heavy atom. The summed E-state index contributed by atoms with van der Waals surface area (Å²) in [5.74, 6) is -1.56. The number of rotatable bonds is 0. The standard InChI is InChI=1S/C5H7BrO2/c6-4-1-2-5(7,8)3-4/h1-2,4,7-8H,3H2. The molecule has 0 aromatic rings. The van der Waals surface area contributed by atoms with Crippen molar-refractivity contribution >= 4 is 15.9 Å². The predicted octanol–water partition coefficient (Wildman–Crippen LogP) is 0.391. The molecule has 0 aliphatic heterocycles. The molecule has 0 amide bonds. The van der Waals surface area contributed by atoms with Crippen LogP contribution in [-0.4, -0.2) is 20.8 Å². The lowest BCUT2D eigenvalue weighted by Gasteiger charge is -2.10. The second-order valence-corrected chi connectivity index (χ2v) is 3.13. The second-order valence-electron chi connectivity index (χ2n) is 1.96. The monoisotopic (exact) mass is 178 g/mol.